The molecule has 0 bridgehead atoms. The molecule has 0 saturated heterocycles. The van der Waals surface area contributed by atoms with Gasteiger partial charge in [0.05, 0.1) is 5.39 Å². The van der Waals surface area contributed by atoms with Crippen molar-refractivity contribution in [1.82, 2.24) is 19.6 Å². The van der Waals surface area contributed by atoms with Crippen molar-refractivity contribution in [3.05, 3.63) is 15.2 Å². The van der Waals surface area contributed by atoms with Crippen LogP contribution in [0.2, 0.25) is 0 Å². The molecule has 0 spiro atoms. The zero-order valence-corrected chi connectivity index (χ0v) is 12.1. The smallest absolute Gasteiger partial charge is 0.201 e. The van der Waals surface area contributed by atoms with Crippen LogP contribution < -0.4 is 0 Å². The molecule has 92 valence electrons. The maximum absolute atomic E-state index is 5.30. The van der Waals surface area contributed by atoms with Crippen molar-refractivity contribution in [3.63, 3.8) is 0 Å². The summed E-state index contributed by atoms with van der Waals surface area (Å²) in [4.78, 5) is 7.32. The van der Waals surface area contributed by atoms with Crippen LogP contribution in [-0.4, -0.2) is 25.8 Å². The van der Waals surface area contributed by atoms with Gasteiger partial charge in [-0.25, -0.2) is 9.38 Å². The first-order valence-electron chi connectivity index (χ1n) is 5.75. The summed E-state index contributed by atoms with van der Waals surface area (Å²) in [5.41, 5.74) is 2.38. The summed E-state index contributed by atoms with van der Waals surface area (Å²) < 4.78 is 2.58. The lowest BCUT2D eigenvalue weighted by atomic mass is 10.2. The number of hydrogen-bond donors (Lipinski definition) is 1. The Morgan fingerprint density at radius 1 is 1.44 bits per heavy atom. The summed E-state index contributed by atoms with van der Waals surface area (Å²) in [6.45, 7) is 0. The fourth-order valence-electron chi connectivity index (χ4n) is 2.62. The van der Waals surface area contributed by atoms with Crippen molar-refractivity contribution in [2.45, 2.75) is 24.4 Å². The highest BCUT2D eigenvalue weighted by Gasteiger charge is 2.22. The molecule has 1 aliphatic rings. The second-order valence-electron chi connectivity index (χ2n) is 4.32. The predicted molar refractivity (Wildman–Crippen MR) is 77.4 cm³/mol. The molecular weight excluding hydrogens is 284 g/mol. The molecule has 3 heterocycles. The molecule has 18 heavy (non-hydrogen) atoms. The van der Waals surface area contributed by atoms with Gasteiger partial charge in [0.15, 0.2) is 10.8 Å². The van der Waals surface area contributed by atoms with Crippen molar-refractivity contribution in [3.8, 4) is 0 Å². The SMILES string of the molecule is CSc1nc2sc3c(c2c2n[nH]c(=S)n12)CCC3. The topological polar surface area (TPSA) is 46.0 Å². The minimum Gasteiger partial charge on any atom is -0.251 e. The van der Waals surface area contributed by atoms with E-state index >= 15 is 0 Å². The summed E-state index contributed by atoms with van der Waals surface area (Å²) in [6.07, 6.45) is 5.59. The highest BCUT2D eigenvalue weighted by Crippen LogP contribution is 2.39. The average Bonchev–Trinajstić information content (AvgIpc) is 3.02. The Labute approximate surface area is 116 Å². The molecule has 0 saturated carbocycles. The van der Waals surface area contributed by atoms with Crippen LogP contribution in [0.15, 0.2) is 5.16 Å². The lowest BCUT2D eigenvalue weighted by molar-refractivity contribution is 0.904. The summed E-state index contributed by atoms with van der Waals surface area (Å²) in [7, 11) is 0. The van der Waals surface area contributed by atoms with Crippen LogP contribution in [0.5, 0.6) is 0 Å². The minimum absolute atomic E-state index is 0.627. The van der Waals surface area contributed by atoms with E-state index in [1.54, 1.807) is 11.8 Å². The number of aryl methyl sites for hydroxylation is 2. The number of thiophene rings is 1. The second kappa shape index (κ2) is 3.79. The molecule has 4 rings (SSSR count). The lowest BCUT2D eigenvalue weighted by Crippen LogP contribution is -1.95. The van der Waals surface area contributed by atoms with Crippen LogP contribution in [0.4, 0.5) is 0 Å². The van der Waals surface area contributed by atoms with Gasteiger partial charge < -0.3 is 0 Å². The number of rotatable bonds is 1. The van der Waals surface area contributed by atoms with Crippen LogP contribution in [-0.2, 0) is 12.8 Å². The van der Waals surface area contributed by atoms with Crippen LogP contribution in [0.25, 0.3) is 15.9 Å². The minimum atomic E-state index is 0.627. The Hall–Kier alpha value is -0.920. The Balaban J connectivity index is 2.28. The van der Waals surface area contributed by atoms with E-state index in [1.165, 1.54) is 28.7 Å². The molecule has 0 aromatic carbocycles. The molecule has 0 fully saturated rings. The van der Waals surface area contributed by atoms with E-state index in [0.717, 1.165) is 22.1 Å². The first-order valence-corrected chi connectivity index (χ1v) is 8.20. The largest absolute Gasteiger partial charge is 0.251 e. The molecule has 0 aliphatic heterocycles. The van der Waals surface area contributed by atoms with E-state index in [9.17, 15) is 0 Å². The Morgan fingerprint density at radius 2 is 2.33 bits per heavy atom. The number of aromatic amines is 1. The van der Waals surface area contributed by atoms with E-state index in [2.05, 4.69) is 10.2 Å². The second-order valence-corrected chi connectivity index (χ2v) is 6.57. The lowest BCUT2D eigenvalue weighted by Gasteiger charge is -2.02. The molecule has 1 aliphatic carbocycles. The van der Waals surface area contributed by atoms with Crippen molar-refractivity contribution >= 4 is 51.2 Å². The Bertz CT molecular complexity index is 826. The molecule has 0 unspecified atom stereocenters. The normalized spacial score (nSPS) is 14.7. The van der Waals surface area contributed by atoms with Gasteiger partial charge in [-0.2, -0.15) is 5.10 Å². The van der Waals surface area contributed by atoms with Crippen LogP contribution >= 0.6 is 35.3 Å². The van der Waals surface area contributed by atoms with Gasteiger partial charge in [-0.1, -0.05) is 11.8 Å². The van der Waals surface area contributed by atoms with Gasteiger partial charge in [-0.15, -0.1) is 11.3 Å². The van der Waals surface area contributed by atoms with Gasteiger partial charge >= 0.3 is 0 Å². The van der Waals surface area contributed by atoms with Crippen molar-refractivity contribution in [1.29, 1.82) is 0 Å². The fraction of sp³-hybridized carbons (Fsp3) is 0.364. The summed E-state index contributed by atoms with van der Waals surface area (Å²) in [6, 6.07) is 0. The first-order chi connectivity index (χ1) is 8.79. The summed E-state index contributed by atoms with van der Waals surface area (Å²) >= 11 is 8.72. The van der Waals surface area contributed by atoms with E-state index in [4.69, 9.17) is 17.2 Å². The van der Waals surface area contributed by atoms with Crippen molar-refractivity contribution in [2.24, 2.45) is 0 Å². The van der Waals surface area contributed by atoms with Crippen LogP contribution in [0.3, 0.4) is 0 Å². The third kappa shape index (κ3) is 1.29. The van der Waals surface area contributed by atoms with Gasteiger partial charge in [0, 0.05) is 4.88 Å². The molecule has 3 aromatic rings. The van der Waals surface area contributed by atoms with Crippen molar-refractivity contribution < 1.29 is 0 Å². The monoisotopic (exact) mass is 294 g/mol. The number of fused-ring (bicyclic) bond motifs is 5. The summed E-state index contributed by atoms with van der Waals surface area (Å²) in [5.74, 6) is 0. The maximum atomic E-state index is 5.30. The number of H-pyrrole nitrogens is 1. The van der Waals surface area contributed by atoms with E-state index in [-0.39, 0.29) is 0 Å². The molecule has 1 N–H and O–H groups in total. The number of aromatic nitrogens is 4. The maximum Gasteiger partial charge on any atom is 0.201 e. The van der Waals surface area contributed by atoms with E-state index < -0.39 is 0 Å². The predicted octanol–water partition coefficient (Wildman–Crippen LogP) is 3.21. The number of nitrogens with zero attached hydrogens (tertiary/aromatic N) is 3. The zero-order valence-electron chi connectivity index (χ0n) is 9.69. The van der Waals surface area contributed by atoms with Crippen LogP contribution in [0.1, 0.15) is 16.9 Å². The standard InChI is InChI=1S/C11H10N4S3/c1-17-11-12-9-7(5-3-2-4-6(5)18-9)8-13-14-10(16)15(8)11/h2-4H2,1H3,(H,14,16). The average molecular weight is 294 g/mol. The molecule has 3 aromatic heterocycles. The Kier molecular flexibility index (Phi) is 2.30. The zero-order chi connectivity index (χ0) is 12.3. The highest BCUT2D eigenvalue weighted by molar-refractivity contribution is 7.98. The number of hydrogen-bond acceptors (Lipinski definition) is 5. The summed E-state index contributed by atoms with van der Waals surface area (Å²) in [5, 5.41) is 9.41. The third-order valence-electron chi connectivity index (χ3n) is 3.37. The highest BCUT2D eigenvalue weighted by atomic mass is 32.2. The van der Waals surface area contributed by atoms with E-state index in [1.807, 2.05) is 22.0 Å². The van der Waals surface area contributed by atoms with E-state index in [0.29, 0.717) is 4.77 Å². The first kappa shape index (κ1) is 11.0. The van der Waals surface area contributed by atoms with Gasteiger partial charge in [0.25, 0.3) is 0 Å². The van der Waals surface area contributed by atoms with Gasteiger partial charge in [-0.05, 0) is 43.3 Å². The molecule has 0 amide bonds. The Morgan fingerprint density at radius 3 is 3.17 bits per heavy atom. The van der Waals surface area contributed by atoms with Crippen LogP contribution in [0, 0.1) is 4.77 Å². The number of thioether (sulfide) groups is 1. The third-order valence-corrected chi connectivity index (χ3v) is 5.47. The quantitative estimate of drug-likeness (QED) is 0.425. The molecule has 0 atom stereocenters. The van der Waals surface area contributed by atoms with Gasteiger partial charge in [-0.3, -0.25) is 5.10 Å². The van der Waals surface area contributed by atoms with Gasteiger partial charge in [0.1, 0.15) is 4.83 Å². The fourth-order valence-corrected chi connectivity index (χ4v) is 4.75. The molecule has 0 radical (unpaired) electrons. The molecule has 4 nitrogen and oxygen atoms in total. The van der Waals surface area contributed by atoms with Crippen molar-refractivity contribution in [2.75, 3.05) is 6.26 Å². The number of nitrogens with one attached hydrogen (secondary N) is 1. The molecular formula is C11H10N4S3. The molecule has 7 heteroatoms. The van der Waals surface area contributed by atoms with Gasteiger partial charge in [0.2, 0.25) is 4.77 Å².